The van der Waals surface area contributed by atoms with Gasteiger partial charge >= 0.3 is 0 Å². The van der Waals surface area contributed by atoms with Gasteiger partial charge in [0.25, 0.3) is 0 Å². The van der Waals surface area contributed by atoms with Gasteiger partial charge in [-0.2, -0.15) is 0 Å². The van der Waals surface area contributed by atoms with Gasteiger partial charge in [-0.05, 0) is 12.8 Å². The van der Waals surface area contributed by atoms with E-state index in [1.165, 1.54) is 0 Å². The van der Waals surface area contributed by atoms with Crippen molar-refractivity contribution in [2.75, 3.05) is 23.7 Å². The SMILES string of the molecule is CC(C)(C)c1nc(N)cc(N2CC3CCC(C2)O3)n1. The standard InChI is InChI=1S/C14H22N4O/c1-14(2,3)13-16-11(15)6-12(17-13)18-7-9-4-5-10(8-18)19-9/h6,9-10H,4-5,7-8H2,1-3H3,(H2,15,16,17). The highest BCUT2D eigenvalue weighted by atomic mass is 16.5. The molecule has 2 atom stereocenters. The Bertz CT molecular complexity index is 471. The van der Waals surface area contributed by atoms with Gasteiger partial charge in [-0.1, -0.05) is 20.8 Å². The van der Waals surface area contributed by atoms with Crippen LogP contribution < -0.4 is 10.6 Å². The van der Waals surface area contributed by atoms with Crippen molar-refractivity contribution in [1.29, 1.82) is 0 Å². The fourth-order valence-electron chi connectivity index (χ4n) is 2.75. The summed E-state index contributed by atoms with van der Waals surface area (Å²) >= 11 is 0. The first-order chi connectivity index (χ1) is 8.91. The van der Waals surface area contributed by atoms with E-state index in [4.69, 9.17) is 15.5 Å². The lowest BCUT2D eigenvalue weighted by Crippen LogP contribution is -2.43. The van der Waals surface area contributed by atoms with Gasteiger partial charge < -0.3 is 15.4 Å². The zero-order valence-corrected chi connectivity index (χ0v) is 11.9. The van der Waals surface area contributed by atoms with Crippen molar-refractivity contribution in [3.05, 3.63) is 11.9 Å². The van der Waals surface area contributed by atoms with Gasteiger partial charge in [0.05, 0.1) is 12.2 Å². The Labute approximate surface area is 114 Å². The van der Waals surface area contributed by atoms with Crippen LogP contribution in [0.25, 0.3) is 0 Å². The molecule has 0 radical (unpaired) electrons. The summed E-state index contributed by atoms with van der Waals surface area (Å²) in [5.74, 6) is 2.30. The zero-order chi connectivity index (χ0) is 13.6. The molecule has 0 aliphatic carbocycles. The van der Waals surface area contributed by atoms with Crippen LogP contribution in [0.2, 0.25) is 0 Å². The van der Waals surface area contributed by atoms with Crippen molar-refractivity contribution >= 4 is 11.6 Å². The van der Waals surface area contributed by atoms with Gasteiger partial charge in [-0.3, -0.25) is 0 Å². The molecule has 5 nitrogen and oxygen atoms in total. The molecule has 2 unspecified atom stereocenters. The van der Waals surface area contributed by atoms with Gasteiger partial charge in [0.2, 0.25) is 0 Å². The molecule has 2 bridgehead atoms. The Morgan fingerprint density at radius 3 is 2.42 bits per heavy atom. The average Bonchev–Trinajstić information content (AvgIpc) is 2.66. The summed E-state index contributed by atoms with van der Waals surface area (Å²) in [7, 11) is 0. The maximum Gasteiger partial charge on any atom is 0.138 e. The molecule has 0 saturated carbocycles. The van der Waals surface area contributed by atoms with Crippen LogP contribution in [0.1, 0.15) is 39.4 Å². The molecule has 0 amide bonds. The van der Waals surface area contributed by atoms with Crippen LogP contribution >= 0.6 is 0 Å². The third-order valence-corrected chi connectivity index (χ3v) is 3.77. The molecule has 3 rings (SSSR count). The summed E-state index contributed by atoms with van der Waals surface area (Å²) in [4.78, 5) is 11.4. The predicted molar refractivity (Wildman–Crippen MR) is 75.3 cm³/mol. The second kappa shape index (κ2) is 4.34. The molecule has 5 heteroatoms. The van der Waals surface area contributed by atoms with Crippen molar-refractivity contribution in [2.24, 2.45) is 0 Å². The van der Waals surface area contributed by atoms with Crippen LogP contribution in [-0.4, -0.2) is 35.3 Å². The van der Waals surface area contributed by atoms with Crippen molar-refractivity contribution < 1.29 is 4.74 Å². The molecule has 2 aliphatic heterocycles. The van der Waals surface area contributed by atoms with E-state index in [1.807, 2.05) is 6.07 Å². The molecule has 1 aromatic heterocycles. The minimum Gasteiger partial charge on any atom is -0.384 e. The summed E-state index contributed by atoms with van der Waals surface area (Å²) in [6.45, 7) is 8.14. The zero-order valence-electron chi connectivity index (χ0n) is 11.9. The quantitative estimate of drug-likeness (QED) is 0.835. The molecule has 3 heterocycles. The van der Waals surface area contributed by atoms with E-state index in [9.17, 15) is 0 Å². The largest absolute Gasteiger partial charge is 0.384 e. The van der Waals surface area contributed by atoms with Crippen molar-refractivity contribution in [2.45, 2.75) is 51.2 Å². The first-order valence-corrected chi connectivity index (χ1v) is 6.97. The molecular formula is C14H22N4O. The highest BCUT2D eigenvalue weighted by Gasteiger charge is 2.34. The maximum atomic E-state index is 5.94. The fourth-order valence-corrected chi connectivity index (χ4v) is 2.75. The normalized spacial score (nSPS) is 26.8. The number of fused-ring (bicyclic) bond motifs is 2. The summed E-state index contributed by atoms with van der Waals surface area (Å²) in [6.07, 6.45) is 3.03. The Morgan fingerprint density at radius 2 is 1.84 bits per heavy atom. The van der Waals surface area contributed by atoms with Crippen LogP contribution in [0.15, 0.2) is 6.07 Å². The fraction of sp³-hybridized carbons (Fsp3) is 0.714. The van der Waals surface area contributed by atoms with Crippen LogP contribution in [0, 0.1) is 0 Å². The Morgan fingerprint density at radius 1 is 1.21 bits per heavy atom. The van der Waals surface area contributed by atoms with Gasteiger partial charge in [0.15, 0.2) is 0 Å². The number of anilines is 2. The van der Waals surface area contributed by atoms with E-state index in [2.05, 4.69) is 30.7 Å². The van der Waals surface area contributed by atoms with Crippen molar-refractivity contribution in [3.8, 4) is 0 Å². The number of nitrogens with two attached hydrogens (primary N) is 1. The lowest BCUT2D eigenvalue weighted by molar-refractivity contribution is 0.0302. The summed E-state index contributed by atoms with van der Waals surface area (Å²) in [6, 6.07) is 1.88. The van der Waals surface area contributed by atoms with Crippen LogP contribution in [0.4, 0.5) is 11.6 Å². The number of morpholine rings is 1. The van der Waals surface area contributed by atoms with E-state index in [1.54, 1.807) is 0 Å². The maximum absolute atomic E-state index is 5.94. The monoisotopic (exact) mass is 262 g/mol. The summed E-state index contributed by atoms with van der Waals surface area (Å²) < 4.78 is 5.86. The molecule has 0 spiro atoms. The minimum absolute atomic E-state index is 0.0879. The van der Waals surface area contributed by atoms with Crippen molar-refractivity contribution in [1.82, 2.24) is 9.97 Å². The molecule has 19 heavy (non-hydrogen) atoms. The topological polar surface area (TPSA) is 64.3 Å². The second-order valence-electron chi connectivity index (χ2n) is 6.59. The summed E-state index contributed by atoms with van der Waals surface area (Å²) in [5, 5.41) is 0. The number of hydrogen-bond acceptors (Lipinski definition) is 5. The predicted octanol–water partition coefficient (Wildman–Crippen LogP) is 1.72. The number of rotatable bonds is 1. The molecule has 2 N–H and O–H groups in total. The van der Waals surface area contributed by atoms with E-state index in [-0.39, 0.29) is 5.41 Å². The Balaban J connectivity index is 1.90. The van der Waals surface area contributed by atoms with Gasteiger partial charge in [0, 0.05) is 24.6 Å². The Hall–Kier alpha value is -1.36. The first-order valence-electron chi connectivity index (χ1n) is 6.97. The van der Waals surface area contributed by atoms with E-state index >= 15 is 0 Å². The van der Waals surface area contributed by atoms with Crippen LogP contribution in [-0.2, 0) is 10.2 Å². The number of aromatic nitrogens is 2. The van der Waals surface area contributed by atoms with E-state index in [0.717, 1.165) is 37.6 Å². The lowest BCUT2D eigenvalue weighted by atomic mass is 9.96. The van der Waals surface area contributed by atoms with Crippen LogP contribution in [0.5, 0.6) is 0 Å². The molecule has 2 fully saturated rings. The minimum atomic E-state index is -0.0879. The van der Waals surface area contributed by atoms with Gasteiger partial charge in [-0.15, -0.1) is 0 Å². The lowest BCUT2D eigenvalue weighted by Gasteiger charge is -2.33. The third kappa shape index (κ3) is 2.52. The van der Waals surface area contributed by atoms with Gasteiger partial charge in [-0.25, -0.2) is 9.97 Å². The van der Waals surface area contributed by atoms with Crippen LogP contribution in [0.3, 0.4) is 0 Å². The smallest absolute Gasteiger partial charge is 0.138 e. The molecule has 0 aromatic carbocycles. The third-order valence-electron chi connectivity index (χ3n) is 3.77. The van der Waals surface area contributed by atoms with E-state index in [0.29, 0.717) is 18.0 Å². The first kappa shape index (κ1) is 12.7. The molecular weight excluding hydrogens is 240 g/mol. The molecule has 1 aromatic rings. The number of hydrogen-bond donors (Lipinski definition) is 1. The molecule has 2 aliphatic rings. The highest BCUT2D eigenvalue weighted by Crippen LogP contribution is 2.30. The average molecular weight is 262 g/mol. The molecule has 104 valence electrons. The number of nitrogens with zero attached hydrogens (tertiary/aromatic N) is 3. The van der Waals surface area contributed by atoms with Crippen molar-refractivity contribution in [3.63, 3.8) is 0 Å². The number of nitrogen functional groups attached to an aromatic ring is 1. The summed E-state index contributed by atoms with van der Waals surface area (Å²) in [5.41, 5.74) is 5.85. The molecule has 2 saturated heterocycles. The Kier molecular flexibility index (Phi) is 2.89. The van der Waals surface area contributed by atoms with Gasteiger partial charge in [0.1, 0.15) is 17.5 Å². The highest BCUT2D eigenvalue weighted by molar-refractivity contribution is 5.48. The second-order valence-corrected chi connectivity index (χ2v) is 6.59. The number of ether oxygens (including phenoxy) is 1. The van der Waals surface area contributed by atoms with E-state index < -0.39 is 0 Å².